The highest BCUT2D eigenvalue weighted by atomic mass is 19.4. The molecular formula is C22H24F4N6. The van der Waals surface area contributed by atoms with Gasteiger partial charge in [-0.1, -0.05) is 12.1 Å². The standard InChI is InChI=1S/C22H24F4N6/c1-13-17-11-27-19(32-8-7-15(12-32)31(2)3)9-16(17)21(30-29-13)28-10-14-5-4-6-18(20(14)23)22(24,25)26/h4-6,9,11,15H,7-8,10,12H2,1-3H3,(H,28,30). The van der Waals surface area contributed by atoms with Crippen molar-refractivity contribution < 1.29 is 17.6 Å². The number of hydrogen-bond donors (Lipinski definition) is 1. The van der Waals surface area contributed by atoms with Gasteiger partial charge in [-0.25, -0.2) is 9.37 Å². The summed E-state index contributed by atoms with van der Waals surface area (Å²) in [5, 5.41) is 12.8. The lowest BCUT2D eigenvalue weighted by Crippen LogP contribution is -2.31. The zero-order chi connectivity index (χ0) is 23.0. The van der Waals surface area contributed by atoms with Gasteiger partial charge in [-0.15, -0.1) is 5.10 Å². The third-order valence-corrected chi connectivity index (χ3v) is 5.88. The summed E-state index contributed by atoms with van der Waals surface area (Å²) in [5.41, 5.74) is -0.701. The Balaban J connectivity index is 1.63. The molecule has 0 aliphatic carbocycles. The summed E-state index contributed by atoms with van der Waals surface area (Å²) < 4.78 is 53.5. The van der Waals surface area contributed by atoms with Gasteiger partial charge in [0, 0.05) is 48.2 Å². The van der Waals surface area contributed by atoms with Gasteiger partial charge in [0.15, 0.2) is 5.82 Å². The predicted molar refractivity (Wildman–Crippen MR) is 115 cm³/mol. The van der Waals surface area contributed by atoms with Crippen LogP contribution in [-0.4, -0.2) is 53.3 Å². The Hall–Kier alpha value is -3.01. The van der Waals surface area contributed by atoms with Crippen LogP contribution in [0.25, 0.3) is 10.8 Å². The van der Waals surface area contributed by atoms with Crippen molar-refractivity contribution >= 4 is 22.4 Å². The van der Waals surface area contributed by atoms with Crippen LogP contribution in [0.4, 0.5) is 29.2 Å². The van der Waals surface area contributed by atoms with Crippen LogP contribution in [0.1, 0.15) is 23.2 Å². The number of nitrogens with one attached hydrogen (secondary N) is 1. The zero-order valence-electron chi connectivity index (χ0n) is 18.0. The summed E-state index contributed by atoms with van der Waals surface area (Å²) in [4.78, 5) is 8.96. The van der Waals surface area contributed by atoms with Gasteiger partial charge in [0.05, 0.1) is 11.3 Å². The molecule has 0 radical (unpaired) electrons. The largest absolute Gasteiger partial charge is 0.419 e. The quantitative estimate of drug-likeness (QED) is 0.590. The number of benzene rings is 1. The van der Waals surface area contributed by atoms with Crippen molar-refractivity contribution in [1.29, 1.82) is 0 Å². The molecule has 0 saturated carbocycles. The van der Waals surface area contributed by atoms with Gasteiger partial charge >= 0.3 is 6.18 Å². The number of pyridine rings is 1. The van der Waals surface area contributed by atoms with Crippen LogP contribution in [0.5, 0.6) is 0 Å². The molecule has 170 valence electrons. The second-order valence-corrected chi connectivity index (χ2v) is 8.20. The van der Waals surface area contributed by atoms with E-state index >= 15 is 0 Å². The lowest BCUT2D eigenvalue weighted by Gasteiger charge is -2.21. The maximum atomic E-state index is 14.4. The van der Waals surface area contributed by atoms with E-state index in [1.165, 1.54) is 12.1 Å². The van der Waals surface area contributed by atoms with E-state index < -0.39 is 17.6 Å². The highest BCUT2D eigenvalue weighted by Gasteiger charge is 2.34. The van der Waals surface area contributed by atoms with E-state index in [1.807, 2.05) is 13.0 Å². The zero-order valence-corrected chi connectivity index (χ0v) is 18.0. The van der Waals surface area contributed by atoms with Crippen LogP contribution < -0.4 is 10.2 Å². The molecule has 1 fully saturated rings. The Kier molecular flexibility index (Phi) is 5.89. The summed E-state index contributed by atoms with van der Waals surface area (Å²) in [6.07, 6.45) is -1.99. The van der Waals surface area contributed by atoms with Crippen LogP contribution in [0, 0.1) is 12.7 Å². The fourth-order valence-electron chi connectivity index (χ4n) is 3.95. The number of likely N-dealkylation sites (N-methyl/N-ethyl adjacent to an activating group) is 1. The van der Waals surface area contributed by atoms with Crippen LogP contribution in [0.2, 0.25) is 0 Å². The predicted octanol–water partition coefficient (Wildman–Crippen LogP) is 4.24. The fraction of sp³-hybridized carbons (Fsp3) is 0.409. The number of aryl methyl sites for hydroxylation is 1. The van der Waals surface area contributed by atoms with E-state index in [0.29, 0.717) is 17.6 Å². The van der Waals surface area contributed by atoms with Crippen LogP contribution in [-0.2, 0) is 12.7 Å². The molecule has 1 aromatic carbocycles. The first-order valence-electron chi connectivity index (χ1n) is 10.3. The van der Waals surface area contributed by atoms with Crippen LogP contribution >= 0.6 is 0 Å². The number of fused-ring (bicyclic) bond motifs is 1. The SMILES string of the molecule is Cc1nnc(NCc2cccc(C(F)(F)F)c2F)c2cc(N3CCC(N(C)C)C3)ncc12. The Morgan fingerprint density at radius 1 is 1.19 bits per heavy atom. The Morgan fingerprint density at radius 2 is 1.97 bits per heavy atom. The Morgan fingerprint density at radius 3 is 2.66 bits per heavy atom. The monoisotopic (exact) mass is 448 g/mol. The maximum Gasteiger partial charge on any atom is 0.419 e. The highest BCUT2D eigenvalue weighted by molar-refractivity contribution is 5.94. The molecule has 1 atom stereocenters. The van der Waals surface area contributed by atoms with E-state index in [9.17, 15) is 17.6 Å². The first-order chi connectivity index (χ1) is 15.1. The smallest absolute Gasteiger partial charge is 0.364 e. The van der Waals surface area contributed by atoms with E-state index in [0.717, 1.165) is 42.2 Å². The van der Waals surface area contributed by atoms with Crippen molar-refractivity contribution in [3.8, 4) is 0 Å². The van der Waals surface area contributed by atoms with Gasteiger partial charge in [0.2, 0.25) is 0 Å². The van der Waals surface area contributed by atoms with Gasteiger partial charge in [0.25, 0.3) is 0 Å². The first kappa shape index (κ1) is 22.2. The molecule has 10 heteroatoms. The first-order valence-corrected chi connectivity index (χ1v) is 10.3. The number of hydrogen-bond acceptors (Lipinski definition) is 6. The van der Waals surface area contributed by atoms with Gasteiger partial charge in [-0.3, -0.25) is 0 Å². The third-order valence-electron chi connectivity index (χ3n) is 5.88. The minimum absolute atomic E-state index is 0.0991. The number of nitrogens with zero attached hydrogens (tertiary/aromatic N) is 5. The third kappa shape index (κ3) is 4.32. The average Bonchev–Trinajstić information content (AvgIpc) is 3.24. The normalized spacial score (nSPS) is 16.9. The van der Waals surface area contributed by atoms with Gasteiger partial charge in [-0.2, -0.15) is 18.3 Å². The van der Waals surface area contributed by atoms with E-state index in [-0.39, 0.29) is 12.1 Å². The lowest BCUT2D eigenvalue weighted by molar-refractivity contribution is -0.140. The molecule has 6 nitrogen and oxygen atoms in total. The molecule has 1 saturated heterocycles. The van der Waals surface area contributed by atoms with Gasteiger partial charge in [-0.05, 0) is 39.6 Å². The van der Waals surface area contributed by atoms with E-state index in [4.69, 9.17) is 0 Å². The number of alkyl halides is 3. The Bertz CT molecular complexity index is 1130. The van der Waals surface area contributed by atoms with Crippen molar-refractivity contribution in [2.24, 2.45) is 0 Å². The van der Waals surface area contributed by atoms with Crippen molar-refractivity contribution in [3.63, 3.8) is 0 Å². The topological polar surface area (TPSA) is 57.2 Å². The molecule has 1 aliphatic rings. The minimum Gasteiger partial charge on any atom is -0.364 e. The summed E-state index contributed by atoms with van der Waals surface area (Å²) in [6, 6.07) is 5.58. The molecule has 1 N–H and O–H groups in total. The summed E-state index contributed by atoms with van der Waals surface area (Å²) in [7, 11) is 4.10. The molecule has 0 amide bonds. The molecule has 2 aromatic heterocycles. The van der Waals surface area contributed by atoms with E-state index in [2.05, 4.69) is 44.4 Å². The van der Waals surface area contributed by atoms with Gasteiger partial charge in [0.1, 0.15) is 11.6 Å². The van der Waals surface area contributed by atoms with Crippen molar-refractivity contribution in [3.05, 3.63) is 53.1 Å². The molecule has 4 rings (SSSR count). The molecule has 3 aromatic rings. The fourth-order valence-corrected chi connectivity index (χ4v) is 3.95. The Labute approximate surface area is 183 Å². The molecule has 0 bridgehead atoms. The number of rotatable bonds is 5. The molecule has 1 unspecified atom stereocenters. The van der Waals surface area contributed by atoms with Crippen molar-refractivity contribution in [2.75, 3.05) is 37.4 Å². The minimum atomic E-state index is -4.75. The number of halogens is 4. The van der Waals surface area contributed by atoms with Crippen LogP contribution in [0.15, 0.2) is 30.5 Å². The van der Waals surface area contributed by atoms with Gasteiger partial charge < -0.3 is 15.1 Å². The van der Waals surface area contributed by atoms with Crippen LogP contribution in [0.3, 0.4) is 0 Å². The molecule has 1 aliphatic heterocycles. The molecule has 0 spiro atoms. The number of anilines is 2. The molecule has 3 heterocycles. The second-order valence-electron chi connectivity index (χ2n) is 8.20. The maximum absolute atomic E-state index is 14.4. The summed E-state index contributed by atoms with van der Waals surface area (Å²) in [6.45, 7) is 3.37. The summed E-state index contributed by atoms with van der Waals surface area (Å²) in [5.74, 6) is -0.122. The lowest BCUT2D eigenvalue weighted by atomic mass is 10.1. The van der Waals surface area contributed by atoms with Crippen molar-refractivity contribution in [2.45, 2.75) is 32.1 Å². The highest BCUT2D eigenvalue weighted by Crippen LogP contribution is 2.33. The average molecular weight is 448 g/mol. The van der Waals surface area contributed by atoms with Crippen molar-refractivity contribution in [1.82, 2.24) is 20.1 Å². The summed E-state index contributed by atoms with van der Waals surface area (Å²) >= 11 is 0. The molecular weight excluding hydrogens is 424 g/mol. The van der Waals surface area contributed by atoms with E-state index in [1.54, 1.807) is 6.20 Å². The number of aromatic nitrogens is 3. The molecule has 32 heavy (non-hydrogen) atoms. The second kappa shape index (κ2) is 8.50.